The van der Waals surface area contributed by atoms with E-state index in [1.54, 1.807) is 0 Å². The van der Waals surface area contributed by atoms with Crippen LogP contribution in [0.25, 0.3) is 190 Å². The molecule has 8 heteroatoms. The largest absolute Gasteiger partial charge is 0.304 e. The predicted molar refractivity (Wildman–Crippen MR) is 627 cm³/mol. The van der Waals surface area contributed by atoms with Crippen LogP contribution in [0.2, 0.25) is 0 Å². The zero-order valence-corrected chi connectivity index (χ0v) is 89.3. The minimum atomic E-state index is 0.356. The highest BCUT2D eigenvalue weighted by Crippen LogP contribution is 2.49. The molecule has 0 aliphatic rings. The predicted octanol–water partition coefficient (Wildman–Crippen LogP) is 35.0. The molecule has 0 saturated heterocycles. The van der Waals surface area contributed by atoms with E-state index in [0.29, 0.717) is 29.6 Å². The smallest absolute Gasteiger partial charge is 0.229 e. The molecule has 23 rings (SSSR count). The number of hydrogen-bond acceptors (Lipinski definition) is 0. The van der Waals surface area contributed by atoms with Crippen LogP contribution in [0.15, 0.2) is 455 Å². The Morgan fingerprint density at radius 1 is 0.174 bits per heavy atom. The third-order valence-electron chi connectivity index (χ3n) is 30.0. The van der Waals surface area contributed by atoms with Crippen LogP contribution in [0.3, 0.4) is 0 Å². The van der Waals surface area contributed by atoms with Crippen LogP contribution < -0.4 is 18.3 Å². The van der Waals surface area contributed by atoms with Gasteiger partial charge in [-0.25, -0.2) is 0 Å². The first-order valence-electron chi connectivity index (χ1n) is 52.8. The van der Waals surface area contributed by atoms with Gasteiger partial charge in [0.15, 0.2) is 24.8 Å². The fraction of sp³-hybridized carbons (Fsp3) is 0.163. The molecule has 8 aromatic heterocycles. The lowest BCUT2D eigenvalue weighted by Gasteiger charge is -2.24. The van der Waals surface area contributed by atoms with Crippen LogP contribution in [0.4, 0.5) is 0 Å². The summed E-state index contributed by atoms with van der Waals surface area (Å²) in [6.45, 7) is 32.1. The van der Waals surface area contributed by atoms with Crippen LogP contribution in [-0.2, 0) is 28.2 Å². The standard InChI is InChI=1S/C39H31N2.C39H39N2.C33H35N2.C30H29N2/c1-28-33-21-12-13-24-36(33)41(38(28)37-26-25-32(27-40(37)2)29-15-6-3-7-16-29)39-34(30-17-8-4-9-18-30)22-14-23-35(39)31-19-10-5-11-20-31;1-26(2)34-23-32(30-17-11-8-12-18-30)24-35(27(3)4)39(34)41-36-20-14-13-19-33(36)28(5)38(41)37-22-21-31(25-40(37)6)29-15-9-7-10-16-29;1-22(2)27-16-12-17-28(23(3)4)33(27)35-30-18-11-10-15-29(30)24(5)32(35)31-20-19-26(21-34(31)6)25-13-8-7-9-14-25;1-21(2)25-14-8-10-16-27(25)32-28-17-11-9-15-26(28)22(3)30(32)29-19-18-24(20-31(29)4)23-12-6-5-7-13-23/h3-27H,1-2H3;7-27H,1-6H3;7-23H,1-6H3;5-21H,1-4H3/q4*+1. The van der Waals surface area contributed by atoms with Gasteiger partial charge in [-0.1, -0.05) is 409 Å². The summed E-state index contributed by atoms with van der Waals surface area (Å²) in [5.74, 6) is 2.00. The number of aromatic nitrogens is 8. The minimum absolute atomic E-state index is 0.356. The van der Waals surface area contributed by atoms with Crippen molar-refractivity contribution in [2.24, 2.45) is 28.2 Å². The van der Waals surface area contributed by atoms with E-state index in [1.807, 2.05) is 0 Å². The SMILES string of the molecule is Cc1c(-c2ccc(-c3ccccc3)c[n+]2C)n(-c2c(-c3ccccc3)cccc2-c2ccccc2)c2ccccc12.Cc1c(-c2ccc(-c3ccccc3)c[n+]2C)n(-c2c(C(C)C)cc(-c3ccccc3)cc2C(C)C)c2ccccc12.Cc1c(-c2ccc(-c3ccccc3)c[n+]2C)n(-c2c(C(C)C)cccc2C(C)C)c2ccccc12.Cc1c(-c2ccc(-c3ccccc3)c[n+]2C)n(-c2ccccc2C(C)C)c2ccccc12. The van der Waals surface area contributed by atoms with Crippen LogP contribution in [-0.4, -0.2) is 18.3 Å². The van der Waals surface area contributed by atoms with Crippen molar-refractivity contribution in [3.8, 4) is 146 Å². The molecule has 0 bridgehead atoms. The molecule has 0 aliphatic heterocycles. The van der Waals surface area contributed by atoms with Crippen molar-refractivity contribution < 1.29 is 18.3 Å². The summed E-state index contributed by atoms with van der Waals surface area (Å²) >= 11 is 0. The number of benzene rings is 15. The molecule has 8 heterocycles. The Labute approximate surface area is 880 Å². The van der Waals surface area contributed by atoms with Crippen molar-refractivity contribution in [2.75, 3.05) is 0 Å². The Morgan fingerprint density at radius 3 is 0.685 bits per heavy atom. The van der Waals surface area contributed by atoms with E-state index in [0.717, 1.165) is 0 Å². The highest BCUT2D eigenvalue weighted by molar-refractivity contribution is 6.00. The van der Waals surface area contributed by atoms with Crippen molar-refractivity contribution in [1.82, 2.24) is 18.3 Å². The van der Waals surface area contributed by atoms with E-state index >= 15 is 0 Å². The molecule has 0 amide bonds. The van der Waals surface area contributed by atoms with Gasteiger partial charge in [-0.15, -0.1) is 0 Å². The lowest BCUT2D eigenvalue weighted by Crippen LogP contribution is -2.31. The fourth-order valence-electron chi connectivity index (χ4n) is 22.4. The second kappa shape index (κ2) is 43.4. The molecule has 0 radical (unpaired) electrons. The Kier molecular flexibility index (Phi) is 28.9. The average molecular weight is 1940 g/mol. The highest BCUT2D eigenvalue weighted by atomic mass is 15.1. The van der Waals surface area contributed by atoms with Gasteiger partial charge in [0.1, 0.15) is 51.0 Å². The van der Waals surface area contributed by atoms with Gasteiger partial charge in [-0.2, -0.15) is 18.3 Å². The molecular formula is C141H134N8+4. The van der Waals surface area contributed by atoms with Crippen molar-refractivity contribution in [1.29, 1.82) is 0 Å². The fourth-order valence-corrected chi connectivity index (χ4v) is 22.4. The zero-order chi connectivity index (χ0) is 103. The lowest BCUT2D eigenvalue weighted by atomic mass is 9.88. The summed E-state index contributed by atoms with van der Waals surface area (Å²) in [5.41, 5.74) is 49.1. The third kappa shape index (κ3) is 19.6. The molecule has 149 heavy (non-hydrogen) atoms. The van der Waals surface area contributed by atoms with Crippen molar-refractivity contribution >= 4 is 43.6 Å². The number of rotatable bonds is 20. The molecule has 0 fully saturated rings. The van der Waals surface area contributed by atoms with Crippen molar-refractivity contribution in [3.63, 3.8) is 0 Å². The maximum Gasteiger partial charge on any atom is 0.229 e. The third-order valence-corrected chi connectivity index (χ3v) is 30.0. The molecule has 734 valence electrons. The topological polar surface area (TPSA) is 35.2 Å². The number of fused-ring (bicyclic) bond motifs is 4. The molecule has 0 unspecified atom stereocenters. The number of hydrogen-bond donors (Lipinski definition) is 0. The molecule has 23 aromatic rings. The molecule has 0 atom stereocenters. The average Bonchev–Trinajstić information content (AvgIpc) is 1.59. The van der Waals surface area contributed by atoms with E-state index in [2.05, 4.69) is 617 Å². The molecule has 0 N–H and O–H groups in total. The first-order valence-corrected chi connectivity index (χ1v) is 52.8. The zero-order valence-electron chi connectivity index (χ0n) is 89.3. The highest BCUT2D eigenvalue weighted by Gasteiger charge is 2.34. The van der Waals surface area contributed by atoms with E-state index in [9.17, 15) is 0 Å². The number of aryl methyl sites for hydroxylation is 8. The van der Waals surface area contributed by atoms with Crippen LogP contribution in [0.5, 0.6) is 0 Å². The summed E-state index contributed by atoms with van der Waals surface area (Å²) in [4.78, 5) is 0. The Morgan fingerprint density at radius 2 is 0.396 bits per heavy atom. The quantitative estimate of drug-likeness (QED) is 0.0682. The van der Waals surface area contributed by atoms with Crippen LogP contribution in [0.1, 0.15) is 149 Å². The lowest BCUT2D eigenvalue weighted by molar-refractivity contribution is -0.660. The summed E-state index contributed by atoms with van der Waals surface area (Å²) in [7, 11) is 8.65. The minimum Gasteiger partial charge on any atom is -0.304 e. The molecule has 0 aliphatic carbocycles. The van der Waals surface area contributed by atoms with Crippen molar-refractivity contribution in [3.05, 3.63) is 506 Å². The van der Waals surface area contributed by atoms with Crippen molar-refractivity contribution in [2.45, 2.75) is 127 Å². The first kappa shape index (κ1) is 99.4. The molecule has 0 spiro atoms. The van der Waals surface area contributed by atoms with E-state index in [4.69, 9.17) is 0 Å². The molecule has 15 aromatic carbocycles. The second-order valence-electron chi connectivity index (χ2n) is 41.3. The van der Waals surface area contributed by atoms with Gasteiger partial charge in [0.05, 0.1) is 39.1 Å². The summed E-state index contributed by atoms with van der Waals surface area (Å²) in [6.07, 6.45) is 8.99. The first-order chi connectivity index (χ1) is 72.5. The molecule has 8 nitrogen and oxygen atoms in total. The van der Waals surface area contributed by atoms with Gasteiger partial charge < -0.3 is 18.3 Å². The Balaban J connectivity index is 0.000000121. The normalized spacial score (nSPS) is 11.5. The second-order valence-corrected chi connectivity index (χ2v) is 41.3. The molecule has 0 saturated carbocycles. The van der Waals surface area contributed by atoms with Gasteiger partial charge in [-0.3, -0.25) is 0 Å². The van der Waals surface area contributed by atoms with Gasteiger partial charge in [0, 0.05) is 84.9 Å². The number of nitrogens with zero attached hydrogens (tertiary/aromatic N) is 8. The van der Waals surface area contributed by atoms with Gasteiger partial charge in [0.2, 0.25) is 22.8 Å². The van der Waals surface area contributed by atoms with E-state index in [1.165, 1.54) is 240 Å². The van der Waals surface area contributed by atoms with E-state index < -0.39 is 0 Å². The Bertz CT molecular complexity index is 8660. The van der Waals surface area contributed by atoms with Crippen LogP contribution >= 0.6 is 0 Å². The van der Waals surface area contributed by atoms with Gasteiger partial charge in [-0.05, 0) is 219 Å². The maximum atomic E-state index is 2.56. The number of para-hydroxylation sites is 7. The summed E-state index contributed by atoms with van der Waals surface area (Å²) < 4.78 is 19.2. The van der Waals surface area contributed by atoms with Gasteiger partial charge in [0.25, 0.3) is 0 Å². The summed E-state index contributed by atoms with van der Waals surface area (Å²) in [6, 6.07) is 155. The maximum absolute atomic E-state index is 2.56. The van der Waals surface area contributed by atoms with Gasteiger partial charge >= 0.3 is 0 Å². The van der Waals surface area contributed by atoms with E-state index in [-0.39, 0.29) is 0 Å². The Hall–Kier alpha value is -16.9. The molecular weight excluding hydrogens is 1810 g/mol. The number of pyridine rings is 4. The summed E-state index contributed by atoms with van der Waals surface area (Å²) in [5, 5.41) is 5.17. The monoisotopic (exact) mass is 1940 g/mol. The van der Waals surface area contributed by atoms with Crippen LogP contribution in [0, 0.1) is 27.7 Å².